The average molecular weight is 242 g/mol. The Morgan fingerprint density at radius 2 is 2.12 bits per heavy atom. The molecule has 6 heteroatoms. The Kier molecular flexibility index (Phi) is 3.24. The summed E-state index contributed by atoms with van der Waals surface area (Å²) in [5.41, 5.74) is 0. The molecule has 16 heavy (non-hydrogen) atoms. The third-order valence-electron chi connectivity index (χ3n) is 2.65. The van der Waals surface area contributed by atoms with Crippen LogP contribution in [0.25, 0.3) is 0 Å². The molecule has 5 nitrogen and oxygen atoms in total. The summed E-state index contributed by atoms with van der Waals surface area (Å²) < 4.78 is 0. The van der Waals surface area contributed by atoms with E-state index in [0.717, 1.165) is 12.8 Å². The van der Waals surface area contributed by atoms with Gasteiger partial charge in [-0.15, -0.1) is 0 Å². The molecule has 1 atom stereocenters. The highest BCUT2D eigenvalue weighted by molar-refractivity contribution is 6.30. The SMILES string of the molecule is O=C(O)[C@@H]1CCCCN1c1ncc(Cl)cn1. The summed E-state index contributed by atoms with van der Waals surface area (Å²) in [5.74, 6) is -0.380. The van der Waals surface area contributed by atoms with E-state index in [-0.39, 0.29) is 0 Å². The van der Waals surface area contributed by atoms with E-state index >= 15 is 0 Å². The van der Waals surface area contributed by atoms with E-state index in [1.807, 2.05) is 0 Å². The van der Waals surface area contributed by atoms with E-state index < -0.39 is 12.0 Å². The second-order valence-corrected chi connectivity index (χ2v) is 4.18. The molecule has 2 heterocycles. The second-order valence-electron chi connectivity index (χ2n) is 3.74. The van der Waals surface area contributed by atoms with E-state index in [2.05, 4.69) is 9.97 Å². The maximum atomic E-state index is 11.1. The first-order valence-electron chi connectivity index (χ1n) is 5.15. The third-order valence-corrected chi connectivity index (χ3v) is 2.85. The number of aliphatic carboxylic acids is 1. The van der Waals surface area contributed by atoms with Gasteiger partial charge in [0.2, 0.25) is 5.95 Å². The summed E-state index contributed by atoms with van der Waals surface area (Å²) in [6.45, 7) is 0.679. The molecule has 0 radical (unpaired) electrons. The van der Waals surface area contributed by atoms with Crippen molar-refractivity contribution in [2.75, 3.05) is 11.4 Å². The van der Waals surface area contributed by atoms with Gasteiger partial charge in [-0.1, -0.05) is 11.6 Å². The van der Waals surface area contributed by atoms with Gasteiger partial charge in [0, 0.05) is 6.54 Å². The molecule has 0 aromatic carbocycles. The Morgan fingerprint density at radius 3 is 2.75 bits per heavy atom. The van der Waals surface area contributed by atoms with Crippen molar-refractivity contribution in [2.45, 2.75) is 25.3 Å². The molecule has 1 N–H and O–H groups in total. The van der Waals surface area contributed by atoms with Crippen molar-refractivity contribution < 1.29 is 9.90 Å². The number of anilines is 1. The molecule has 1 aromatic heterocycles. The van der Waals surface area contributed by atoms with Crippen LogP contribution in [0.5, 0.6) is 0 Å². The van der Waals surface area contributed by atoms with Gasteiger partial charge in [-0.05, 0) is 19.3 Å². The largest absolute Gasteiger partial charge is 0.480 e. The topological polar surface area (TPSA) is 66.3 Å². The standard InChI is InChI=1S/C10H12ClN3O2/c11-7-5-12-10(13-6-7)14-4-2-1-3-8(14)9(15)16/h5-6,8H,1-4H2,(H,15,16)/t8-/m0/s1. The van der Waals surface area contributed by atoms with Crippen LogP contribution in [0.15, 0.2) is 12.4 Å². The van der Waals surface area contributed by atoms with Gasteiger partial charge in [-0.3, -0.25) is 0 Å². The minimum Gasteiger partial charge on any atom is -0.480 e. The predicted octanol–water partition coefficient (Wildman–Crippen LogP) is 1.57. The van der Waals surface area contributed by atoms with Gasteiger partial charge in [-0.2, -0.15) is 0 Å². The van der Waals surface area contributed by atoms with Crippen LogP contribution in [0.4, 0.5) is 5.95 Å². The summed E-state index contributed by atoms with van der Waals surface area (Å²) >= 11 is 5.69. The number of hydrogen-bond donors (Lipinski definition) is 1. The zero-order chi connectivity index (χ0) is 11.5. The molecule has 1 aliphatic heterocycles. The molecular formula is C10H12ClN3O2. The molecule has 1 saturated heterocycles. The van der Waals surface area contributed by atoms with E-state index in [4.69, 9.17) is 16.7 Å². The van der Waals surface area contributed by atoms with E-state index in [1.165, 1.54) is 12.4 Å². The van der Waals surface area contributed by atoms with E-state index in [1.54, 1.807) is 4.90 Å². The lowest BCUT2D eigenvalue weighted by Crippen LogP contribution is -2.45. The minimum atomic E-state index is -0.821. The van der Waals surface area contributed by atoms with Crippen LogP contribution in [0.2, 0.25) is 5.02 Å². The van der Waals surface area contributed by atoms with Crippen LogP contribution in [-0.4, -0.2) is 33.6 Å². The Labute approximate surface area is 98.1 Å². The van der Waals surface area contributed by atoms with Crippen LogP contribution < -0.4 is 4.90 Å². The maximum absolute atomic E-state index is 11.1. The highest BCUT2D eigenvalue weighted by Gasteiger charge is 2.29. The molecule has 1 aliphatic rings. The van der Waals surface area contributed by atoms with Crippen LogP contribution in [0, 0.1) is 0 Å². The van der Waals surface area contributed by atoms with Crippen molar-refractivity contribution in [2.24, 2.45) is 0 Å². The van der Waals surface area contributed by atoms with Gasteiger partial charge < -0.3 is 10.0 Å². The van der Waals surface area contributed by atoms with E-state index in [9.17, 15) is 4.79 Å². The van der Waals surface area contributed by atoms with Crippen molar-refractivity contribution >= 4 is 23.5 Å². The molecule has 0 aliphatic carbocycles. The Morgan fingerprint density at radius 1 is 1.44 bits per heavy atom. The first-order valence-corrected chi connectivity index (χ1v) is 5.53. The van der Waals surface area contributed by atoms with Crippen LogP contribution >= 0.6 is 11.6 Å². The van der Waals surface area contributed by atoms with Gasteiger partial charge in [0.25, 0.3) is 0 Å². The van der Waals surface area contributed by atoms with Gasteiger partial charge in [0.05, 0.1) is 17.4 Å². The number of rotatable bonds is 2. The number of hydrogen-bond acceptors (Lipinski definition) is 4. The van der Waals surface area contributed by atoms with Crippen molar-refractivity contribution in [3.05, 3.63) is 17.4 Å². The highest BCUT2D eigenvalue weighted by atomic mass is 35.5. The fraction of sp³-hybridized carbons (Fsp3) is 0.500. The summed E-state index contributed by atoms with van der Waals surface area (Å²) in [4.78, 5) is 20.9. The molecule has 0 unspecified atom stereocenters. The van der Waals surface area contributed by atoms with Crippen molar-refractivity contribution in [3.63, 3.8) is 0 Å². The Bertz CT molecular complexity index is 382. The first kappa shape index (κ1) is 11.1. The lowest BCUT2D eigenvalue weighted by atomic mass is 10.0. The van der Waals surface area contributed by atoms with E-state index in [0.29, 0.717) is 23.9 Å². The zero-order valence-electron chi connectivity index (χ0n) is 8.64. The normalized spacial score (nSPS) is 20.8. The van der Waals surface area contributed by atoms with Gasteiger partial charge in [0.15, 0.2) is 0 Å². The smallest absolute Gasteiger partial charge is 0.326 e. The van der Waals surface area contributed by atoms with Gasteiger partial charge in [-0.25, -0.2) is 14.8 Å². The van der Waals surface area contributed by atoms with Crippen molar-refractivity contribution in [1.82, 2.24) is 9.97 Å². The lowest BCUT2D eigenvalue weighted by molar-refractivity contribution is -0.139. The maximum Gasteiger partial charge on any atom is 0.326 e. The highest BCUT2D eigenvalue weighted by Crippen LogP contribution is 2.22. The lowest BCUT2D eigenvalue weighted by Gasteiger charge is -2.32. The monoisotopic (exact) mass is 241 g/mol. The van der Waals surface area contributed by atoms with Crippen LogP contribution in [-0.2, 0) is 4.79 Å². The Balaban J connectivity index is 2.23. The fourth-order valence-electron chi connectivity index (χ4n) is 1.88. The second kappa shape index (κ2) is 4.65. The van der Waals surface area contributed by atoms with Crippen molar-refractivity contribution in [1.29, 1.82) is 0 Å². The average Bonchev–Trinajstić information content (AvgIpc) is 2.30. The molecule has 2 rings (SSSR count). The summed E-state index contributed by atoms with van der Waals surface area (Å²) in [6, 6.07) is -0.519. The number of piperidine rings is 1. The number of carboxylic acid groups (broad SMARTS) is 1. The van der Waals surface area contributed by atoms with Crippen LogP contribution in [0.3, 0.4) is 0 Å². The number of carboxylic acids is 1. The number of halogens is 1. The molecule has 0 spiro atoms. The first-order chi connectivity index (χ1) is 7.68. The minimum absolute atomic E-state index is 0.441. The van der Waals surface area contributed by atoms with Crippen molar-refractivity contribution in [3.8, 4) is 0 Å². The molecule has 0 saturated carbocycles. The molecule has 86 valence electrons. The molecule has 0 bridgehead atoms. The van der Waals surface area contributed by atoms with Gasteiger partial charge in [0.1, 0.15) is 6.04 Å². The summed E-state index contributed by atoms with van der Waals surface area (Å²) in [6.07, 6.45) is 5.51. The van der Waals surface area contributed by atoms with Gasteiger partial charge >= 0.3 is 5.97 Å². The summed E-state index contributed by atoms with van der Waals surface area (Å²) in [5, 5.41) is 9.55. The third kappa shape index (κ3) is 2.24. The van der Waals surface area contributed by atoms with Crippen LogP contribution in [0.1, 0.15) is 19.3 Å². The number of aromatic nitrogens is 2. The molecule has 1 fully saturated rings. The number of nitrogens with zero attached hydrogens (tertiary/aromatic N) is 3. The molecular weight excluding hydrogens is 230 g/mol. The molecule has 0 amide bonds. The quantitative estimate of drug-likeness (QED) is 0.852. The predicted molar refractivity (Wildman–Crippen MR) is 59.7 cm³/mol. The zero-order valence-corrected chi connectivity index (χ0v) is 9.39. The Hall–Kier alpha value is -1.36. The number of carbonyl (C=O) groups is 1. The fourth-order valence-corrected chi connectivity index (χ4v) is 1.98. The molecule has 1 aromatic rings. The summed E-state index contributed by atoms with van der Waals surface area (Å²) in [7, 11) is 0.